The van der Waals surface area contributed by atoms with E-state index in [1.807, 2.05) is 29.9 Å². The van der Waals surface area contributed by atoms with Gasteiger partial charge in [0, 0.05) is 32.5 Å². The number of aromatic nitrogens is 2. The van der Waals surface area contributed by atoms with E-state index in [1.165, 1.54) is 0 Å². The van der Waals surface area contributed by atoms with Crippen LogP contribution in [0.4, 0.5) is 4.79 Å². The van der Waals surface area contributed by atoms with Crippen molar-refractivity contribution in [3.8, 4) is 5.75 Å². The van der Waals surface area contributed by atoms with Crippen molar-refractivity contribution in [3.63, 3.8) is 0 Å². The molecule has 0 saturated carbocycles. The normalized spacial score (nSPS) is 16.1. The van der Waals surface area contributed by atoms with E-state index in [0.29, 0.717) is 12.3 Å². The van der Waals surface area contributed by atoms with Crippen LogP contribution < -0.4 is 5.32 Å². The van der Waals surface area contributed by atoms with Gasteiger partial charge in [-0.1, -0.05) is 12.1 Å². The van der Waals surface area contributed by atoms with Gasteiger partial charge in [-0.15, -0.1) is 0 Å². The monoisotopic (exact) mass is 314 g/mol. The number of imidazole rings is 1. The first-order chi connectivity index (χ1) is 11.1. The Bertz CT molecular complexity index is 669. The molecule has 122 valence electrons. The first-order valence-corrected chi connectivity index (χ1v) is 7.93. The summed E-state index contributed by atoms with van der Waals surface area (Å²) in [5.41, 5.74) is 1.99. The summed E-state index contributed by atoms with van der Waals surface area (Å²) in [6.07, 6.45) is 7.97. The number of hydrogen-bond donors (Lipinski definition) is 2. The zero-order chi connectivity index (χ0) is 16.2. The van der Waals surface area contributed by atoms with Gasteiger partial charge in [-0.25, -0.2) is 9.78 Å². The average molecular weight is 314 g/mol. The Kier molecular flexibility index (Phi) is 4.50. The maximum absolute atomic E-state index is 12.3. The zero-order valence-electron chi connectivity index (χ0n) is 13.3. The highest BCUT2D eigenvalue weighted by Crippen LogP contribution is 2.36. The summed E-state index contributed by atoms with van der Waals surface area (Å²) >= 11 is 0. The van der Waals surface area contributed by atoms with Gasteiger partial charge in [0.2, 0.25) is 0 Å². The predicted octanol–water partition coefficient (Wildman–Crippen LogP) is 2.31. The molecule has 3 rings (SSSR count). The molecule has 0 radical (unpaired) electrons. The molecule has 1 atom stereocenters. The lowest BCUT2D eigenvalue weighted by molar-refractivity contribution is 0.203. The summed E-state index contributed by atoms with van der Waals surface area (Å²) in [5.74, 6) is 0.327. The van der Waals surface area contributed by atoms with E-state index in [-0.39, 0.29) is 12.1 Å². The van der Waals surface area contributed by atoms with Crippen LogP contribution in [0.5, 0.6) is 5.75 Å². The molecule has 0 saturated heterocycles. The minimum Gasteiger partial charge on any atom is -0.508 e. The van der Waals surface area contributed by atoms with E-state index < -0.39 is 0 Å². The SMILES string of the molecule is CN(CCCn1ccnc1)C(=O)NC1CCc2c(O)cccc21. The van der Waals surface area contributed by atoms with Crippen LogP contribution in [0.2, 0.25) is 0 Å². The third-order valence-corrected chi connectivity index (χ3v) is 4.36. The number of phenols is 1. The van der Waals surface area contributed by atoms with Crippen LogP contribution in [0.1, 0.15) is 30.0 Å². The Balaban J connectivity index is 1.50. The molecule has 0 fully saturated rings. The molecule has 0 bridgehead atoms. The van der Waals surface area contributed by atoms with E-state index in [2.05, 4.69) is 10.3 Å². The van der Waals surface area contributed by atoms with Crippen molar-refractivity contribution in [3.05, 3.63) is 48.0 Å². The molecule has 1 aliphatic rings. The maximum atomic E-state index is 12.3. The van der Waals surface area contributed by atoms with Crippen molar-refractivity contribution < 1.29 is 9.90 Å². The van der Waals surface area contributed by atoms with Gasteiger partial charge in [0.1, 0.15) is 5.75 Å². The molecule has 2 amide bonds. The van der Waals surface area contributed by atoms with Gasteiger partial charge >= 0.3 is 6.03 Å². The predicted molar refractivity (Wildman–Crippen MR) is 87.2 cm³/mol. The number of aryl methyl sites for hydroxylation is 1. The van der Waals surface area contributed by atoms with Gasteiger partial charge in [-0.05, 0) is 36.5 Å². The fraction of sp³-hybridized carbons (Fsp3) is 0.412. The molecule has 23 heavy (non-hydrogen) atoms. The molecule has 1 aromatic heterocycles. The number of carbonyl (C=O) groups is 1. The molecule has 6 nitrogen and oxygen atoms in total. The number of benzene rings is 1. The summed E-state index contributed by atoms with van der Waals surface area (Å²) in [6, 6.07) is 5.42. The van der Waals surface area contributed by atoms with Crippen molar-refractivity contribution in [2.45, 2.75) is 31.8 Å². The van der Waals surface area contributed by atoms with Crippen LogP contribution in [0.3, 0.4) is 0 Å². The van der Waals surface area contributed by atoms with Crippen molar-refractivity contribution in [1.82, 2.24) is 19.8 Å². The topological polar surface area (TPSA) is 70.4 Å². The Morgan fingerprint density at radius 3 is 3.17 bits per heavy atom. The minimum atomic E-state index is -0.0724. The lowest BCUT2D eigenvalue weighted by Gasteiger charge is -2.21. The van der Waals surface area contributed by atoms with E-state index in [4.69, 9.17) is 0 Å². The van der Waals surface area contributed by atoms with Crippen molar-refractivity contribution >= 4 is 6.03 Å². The average Bonchev–Trinajstić information content (AvgIpc) is 3.18. The highest BCUT2D eigenvalue weighted by atomic mass is 16.3. The number of rotatable bonds is 5. The Labute approximate surface area is 135 Å². The van der Waals surface area contributed by atoms with Crippen LogP contribution in [-0.4, -0.2) is 39.2 Å². The fourth-order valence-corrected chi connectivity index (χ4v) is 3.06. The standard InChI is InChI=1S/C17H22N4O2/c1-20(9-3-10-21-11-8-18-12-21)17(23)19-15-7-6-14-13(15)4-2-5-16(14)22/h2,4-5,8,11-12,15,22H,3,6-7,9-10H2,1H3,(H,19,23). The van der Waals surface area contributed by atoms with Gasteiger partial charge in [-0.3, -0.25) is 0 Å². The molecule has 2 aromatic rings. The van der Waals surface area contributed by atoms with E-state index in [0.717, 1.165) is 36.9 Å². The summed E-state index contributed by atoms with van der Waals surface area (Å²) in [5, 5.41) is 12.9. The number of carbonyl (C=O) groups excluding carboxylic acids is 1. The number of urea groups is 1. The second kappa shape index (κ2) is 6.73. The van der Waals surface area contributed by atoms with E-state index in [9.17, 15) is 9.90 Å². The first-order valence-electron chi connectivity index (χ1n) is 7.93. The highest BCUT2D eigenvalue weighted by Gasteiger charge is 2.26. The number of aromatic hydroxyl groups is 1. The molecule has 0 aliphatic heterocycles. The lowest BCUT2D eigenvalue weighted by atomic mass is 10.1. The fourth-order valence-electron chi connectivity index (χ4n) is 3.06. The maximum Gasteiger partial charge on any atom is 0.317 e. The zero-order valence-corrected chi connectivity index (χ0v) is 13.3. The van der Waals surface area contributed by atoms with Gasteiger partial charge in [0.15, 0.2) is 0 Å². The van der Waals surface area contributed by atoms with E-state index in [1.54, 1.807) is 23.5 Å². The Hall–Kier alpha value is -2.50. The molecule has 1 aromatic carbocycles. The van der Waals surface area contributed by atoms with Gasteiger partial charge < -0.3 is 19.9 Å². The van der Waals surface area contributed by atoms with Crippen LogP contribution in [0.25, 0.3) is 0 Å². The lowest BCUT2D eigenvalue weighted by Crippen LogP contribution is -2.39. The molecule has 1 aliphatic carbocycles. The van der Waals surface area contributed by atoms with Gasteiger partial charge in [-0.2, -0.15) is 0 Å². The first kappa shape index (κ1) is 15.4. The molecule has 2 N–H and O–H groups in total. The van der Waals surface area contributed by atoms with Crippen molar-refractivity contribution in [2.24, 2.45) is 0 Å². The summed E-state index contributed by atoms with van der Waals surface area (Å²) in [4.78, 5) is 18.0. The minimum absolute atomic E-state index is 0.0132. The second-order valence-corrected chi connectivity index (χ2v) is 5.96. The summed E-state index contributed by atoms with van der Waals surface area (Å²) in [7, 11) is 1.81. The van der Waals surface area contributed by atoms with E-state index >= 15 is 0 Å². The smallest absolute Gasteiger partial charge is 0.317 e. The largest absolute Gasteiger partial charge is 0.508 e. The highest BCUT2D eigenvalue weighted by molar-refractivity contribution is 5.74. The molecule has 1 heterocycles. The molecule has 6 heteroatoms. The molecular weight excluding hydrogens is 292 g/mol. The Morgan fingerprint density at radius 2 is 2.39 bits per heavy atom. The second-order valence-electron chi connectivity index (χ2n) is 5.96. The molecular formula is C17H22N4O2. The summed E-state index contributed by atoms with van der Waals surface area (Å²) < 4.78 is 2.00. The number of amides is 2. The van der Waals surface area contributed by atoms with Crippen LogP contribution in [-0.2, 0) is 13.0 Å². The molecule has 0 spiro atoms. The third-order valence-electron chi connectivity index (χ3n) is 4.36. The number of hydrogen-bond acceptors (Lipinski definition) is 3. The summed E-state index contributed by atoms with van der Waals surface area (Å²) in [6.45, 7) is 1.53. The number of phenolic OH excluding ortho intramolecular Hbond substituents is 1. The quantitative estimate of drug-likeness (QED) is 0.889. The number of nitrogens with one attached hydrogen (secondary N) is 1. The number of nitrogens with zero attached hydrogens (tertiary/aromatic N) is 3. The van der Waals surface area contributed by atoms with Gasteiger partial charge in [0.05, 0.1) is 12.4 Å². The van der Waals surface area contributed by atoms with Crippen LogP contribution in [0, 0.1) is 0 Å². The van der Waals surface area contributed by atoms with Crippen LogP contribution in [0.15, 0.2) is 36.9 Å². The van der Waals surface area contributed by atoms with Gasteiger partial charge in [0.25, 0.3) is 0 Å². The van der Waals surface area contributed by atoms with Crippen molar-refractivity contribution in [1.29, 1.82) is 0 Å². The Morgan fingerprint density at radius 1 is 1.52 bits per heavy atom. The third kappa shape index (κ3) is 3.47. The van der Waals surface area contributed by atoms with Crippen LogP contribution >= 0.6 is 0 Å². The van der Waals surface area contributed by atoms with Crippen molar-refractivity contribution in [2.75, 3.05) is 13.6 Å². The number of fused-ring (bicyclic) bond motifs is 1. The molecule has 1 unspecified atom stereocenters.